The third-order valence-electron chi connectivity index (χ3n) is 0.995. The van der Waals surface area contributed by atoms with Gasteiger partial charge in [0.2, 0.25) is 0 Å². The summed E-state index contributed by atoms with van der Waals surface area (Å²) in [5, 5.41) is 13.9. The molecular weight excluding hydrogens is 311 g/mol. The van der Waals surface area contributed by atoms with Gasteiger partial charge in [-0.05, 0) is 0 Å². The van der Waals surface area contributed by atoms with Crippen LogP contribution in [0.5, 0.6) is 0 Å². The molecule has 0 aromatic rings. The Morgan fingerprint density at radius 1 is 0.944 bits per heavy atom. The van der Waals surface area contributed by atoms with E-state index in [2.05, 4.69) is 0 Å². The summed E-state index contributed by atoms with van der Waals surface area (Å²) in [5.74, 6) is -3.50. The summed E-state index contributed by atoms with van der Waals surface area (Å²) in [6, 6.07) is 0. The van der Waals surface area contributed by atoms with Gasteiger partial charge in [0.05, 0.1) is 6.42 Å². The fourth-order valence-electron chi connectivity index (χ4n) is 0.479. The molecule has 1 atom stereocenters. The second-order valence-electron chi connectivity index (χ2n) is 2.39. The number of aliphatic carboxylic acids is 2. The van der Waals surface area contributed by atoms with E-state index in [0.717, 1.165) is 0 Å². The fourth-order valence-corrected chi connectivity index (χ4v) is 1.09. The predicted molar refractivity (Wildman–Crippen MR) is 56.6 cm³/mol. The van der Waals surface area contributed by atoms with Crippen molar-refractivity contribution in [2.75, 3.05) is 0 Å². The Hall–Kier alpha value is -0.280. The van der Waals surface area contributed by atoms with Crippen LogP contribution in [0, 0.1) is 0 Å². The number of hydrogen-bond donors (Lipinski definition) is 5. The van der Waals surface area contributed by atoms with Gasteiger partial charge in [0.15, 0.2) is 5.25 Å². The Morgan fingerprint density at radius 2 is 1.22 bits per heavy atom. The van der Waals surface area contributed by atoms with Crippen molar-refractivity contribution in [2.24, 2.45) is 0 Å². The molecule has 0 fully saturated rings. The van der Waals surface area contributed by atoms with E-state index in [1.54, 1.807) is 0 Å². The Balaban J connectivity index is -0.000000321. The van der Waals surface area contributed by atoms with Crippen molar-refractivity contribution in [3.63, 3.8) is 0 Å². The first-order chi connectivity index (χ1) is 7.25. The zero-order valence-corrected chi connectivity index (χ0v) is 9.42. The molecular formula is C4H9NaO11S2. The normalized spacial score (nSPS) is 12.4. The summed E-state index contributed by atoms with van der Waals surface area (Å²) in [4.78, 5) is 20.0. The zero-order valence-electron chi connectivity index (χ0n) is 7.79. The standard InChI is InChI=1S/C4H6O7S.Na.H2O4S.H/c5-3(6)1-2(4(7)8)12(9,10)11;;1-5(2,3)4;/h2H,1H2,(H,5,6)(H,7,8)(H,9,10,11);;(H2,1,2,3,4);. The third kappa shape index (κ3) is 18.1. The molecule has 0 spiro atoms. The molecule has 14 heteroatoms. The van der Waals surface area contributed by atoms with Crippen LogP contribution in [-0.2, 0) is 30.1 Å². The molecule has 0 aromatic heterocycles. The Bertz CT molecular complexity index is 467. The second-order valence-corrected chi connectivity index (χ2v) is 4.88. The molecule has 0 saturated heterocycles. The van der Waals surface area contributed by atoms with Crippen molar-refractivity contribution in [3.8, 4) is 0 Å². The molecule has 0 amide bonds. The molecule has 104 valence electrons. The first-order valence-corrected chi connectivity index (χ1v) is 6.26. The molecule has 0 aliphatic carbocycles. The summed E-state index contributed by atoms with van der Waals surface area (Å²) >= 11 is 0. The third-order valence-corrected chi connectivity index (χ3v) is 2.08. The van der Waals surface area contributed by atoms with Crippen LogP contribution < -0.4 is 0 Å². The van der Waals surface area contributed by atoms with Gasteiger partial charge >= 0.3 is 51.9 Å². The SMILES string of the molecule is O=C(O)CC(C(=O)O)S(=O)(=O)O.O=S(=O)(O)O.[NaH]. The van der Waals surface area contributed by atoms with Crippen LogP contribution in [0.15, 0.2) is 0 Å². The quantitative estimate of drug-likeness (QED) is 0.270. The number of carbonyl (C=O) groups is 2. The monoisotopic (exact) mass is 320 g/mol. The average molecular weight is 320 g/mol. The molecule has 0 radical (unpaired) electrons. The van der Waals surface area contributed by atoms with Crippen LogP contribution >= 0.6 is 0 Å². The van der Waals surface area contributed by atoms with E-state index >= 15 is 0 Å². The summed E-state index contributed by atoms with van der Waals surface area (Å²) in [5.41, 5.74) is 0. The van der Waals surface area contributed by atoms with Gasteiger partial charge in [0.1, 0.15) is 0 Å². The number of hydrogen-bond acceptors (Lipinski definition) is 6. The van der Waals surface area contributed by atoms with E-state index in [1.807, 2.05) is 0 Å². The maximum atomic E-state index is 10.2. The number of carboxylic acid groups (broad SMARTS) is 2. The topological polar surface area (TPSA) is 204 Å². The van der Waals surface area contributed by atoms with Gasteiger partial charge < -0.3 is 10.2 Å². The Kier molecular flexibility index (Phi) is 11.1. The molecule has 0 rings (SSSR count). The van der Waals surface area contributed by atoms with Crippen molar-refractivity contribution in [1.29, 1.82) is 0 Å². The summed E-state index contributed by atoms with van der Waals surface area (Å²) in [7, 11) is -9.51. The van der Waals surface area contributed by atoms with Crippen molar-refractivity contribution < 1.29 is 50.3 Å². The van der Waals surface area contributed by atoms with Crippen LogP contribution in [0.2, 0.25) is 0 Å². The molecule has 0 aromatic carbocycles. The summed E-state index contributed by atoms with van der Waals surface area (Å²) in [6.45, 7) is 0. The molecule has 11 nitrogen and oxygen atoms in total. The molecule has 5 N–H and O–H groups in total. The van der Waals surface area contributed by atoms with E-state index < -0.39 is 44.1 Å². The van der Waals surface area contributed by atoms with Crippen molar-refractivity contribution in [2.45, 2.75) is 11.7 Å². The molecule has 0 aliphatic rings. The minimum absolute atomic E-state index is 0. The van der Waals surface area contributed by atoms with E-state index in [-0.39, 0.29) is 29.6 Å². The maximum absolute atomic E-state index is 10.2. The molecule has 0 heterocycles. The number of rotatable bonds is 4. The Morgan fingerprint density at radius 3 is 1.28 bits per heavy atom. The zero-order chi connectivity index (χ0) is 14.4. The van der Waals surface area contributed by atoms with Gasteiger partial charge in [-0.3, -0.25) is 23.2 Å². The van der Waals surface area contributed by atoms with Crippen LogP contribution in [0.25, 0.3) is 0 Å². The molecule has 0 saturated carbocycles. The van der Waals surface area contributed by atoms with Gasteiger partial charge in [-0.1, -0.05) is 0 Å². The second kappa shape index (κ2) is 8.76. The van der Waals surface area contributed by atoms with Crippen molar-refractivity contribution in [1.82, 2.24) is 0 Å². The van der Waals surface area contributed by atoms with E-state index in [0.29, 0.717) is 0 Å². The van der Waals surface area contributed by atoms with Crippen LogP contribution in [-0.4, -0.2) is 87.5 Å². The summed E-state index contributed by atoms with van der Waals surface area (Å²) < 4.78 is 60.2. The van der Waals surface area contributed by atoms with Gasteiger partial charge in [-0.2, -0.15) is 16.8 Å². The molecule has 1 unspecified atom stereocenters. The van der Waals surface area contributed by atoms with Crippen molar-refractivity contribution in [3.05, 3.63) is 0 Å². The van der Waals surface area contributed by atoms with E-state index in [1.165, 1.54) is 0 Å². The first kappa shape index (κ1) is 22.9. The number of carboxylic acids is 2. The fraction of sp³-hybridized carbons (Fsp3) is 0.500. The van der Waals surface area contributed by atoms with Gasteiger partial charge in [-0.25, -0.2) is 0 Å². The van der Waals surface area contributed by atoms with E-state index in [4.69, 9.17) is 32.3 Å². The van der Waals surface area contributed by atoms with Gasteiger partial charge in [-0.15, -0.1) is 0 Å². The van der Waals surface area contributed by atoms with E-state index in [9.17, 15) is 18.0 Å². The van der Waals surface area contributed by atoms with Crippen molar-refractivity contribution >= 4 is 62.0 Å². The predicted octanol–water partition coefficient (Wildman–Crippen LogP) is -2.50. The molecule has 0 bridgehead atoms. The minimum atomic E-state index is -4.84. The van der Waals surface area contributed by atoms with Gasteiger partial charge in [0, 0.05) is 0 Å². The molecule has 0 aliphatic heterocycles. The Labute approximate surface area is 123 Å². The van der Waals surface area contributed by atoms with Crippen LogP contribution in [0.1, 0.15) is 6.42 Å². The first-order valence-electron chi connectivity index (χ1n) is 3.36. The average Bonchev–Trinajstić information content (AvgIpc) is 1.93. The van der Waals surface area contributed by atoms with Crippen LogP contribution in [0.3, 0.4) is 0 Å². The van der Waals surface area contributed by atoms with Gasteiger partial charge in [0.25, 0.3) is 10.1 Å². The van der Waals surface area contributed by atoms with Crippen LogP contribution in [0.4, 0.5) is 0 Å². The summed E-state index contributed by atoms with van der Waals surface area (Å²) in [6.07, 6.45) is -1.16. The molecule has 18 heavy (non-hydrogen) atoms.